The van der Waals surface area contributed by atoms with Crippen LogP contribution in [-0.2, 0) is 6.42 Å². The summed E-state index contributed by atoms with van der Waals surface area (Å²) >= 11 is 0. The number of unbranched alkanes of at least 4 members (excludes halogenated alkanes) is 3. The number of hydrogen-bond donors (Lipinski definition) is 1. The third-order valence-corrected chi connectivity index (χ3v) is 7.06. The van der Waals surface area contributed by atoms with Gasteiger partial charge in [0.15, 0.2) is 0 Å². The van der Waals surface area contributed by atoms with Crippen LogP contribution in [0.3, 0.4) is 0 Å². The number of fused-ring (bicyclic) bond motifs is 1. The van der Waals surface area contributed by atoms with Crippen molar-refractivity contribution in [2.24, 2.45) is 5.41 Å². The molecule has 4 aromatic rings. The number of para-hydroxylation sites is 1. The van der Waals surface area contributed by atoms with Gasteiger partial charge in [-0.3, -0.25) is 4.40 Å². The van der Waals surface area contributed by atoms with Crippen LogP contribution < -0.4 is 10.1 Å². The van der Waals surface area contributed by atoms with E-state index in [9.17, 15) is 4.79 Å². The Hall–Kier alpha value is -3.60. The van der Waals surface area contributed by atoms with Crippen molar-refractivity contribution in [3.63, 3.8) is 0 Å². The number of aromatic nitrogens is 2. The molecule has 0 aliphatic carbocycles. The Morgan fingerprint density at radius 1 is 0.950 bits per heavy atom. The van der Waals surface area contributed by atoms with Crippen molar-refractivity contribution in [3.05, 3.63) is 83.6 Å². The van der Waals surface area contributed by atoms with Gasteiger partial charge in [-0.25, -0.2) is 9.78 Å². The highest BCUT2D eigenvalue weighted by atomic mass is 16.5. The van der Waals surface area contributed by atoms with Gasteiger partial charge in [0.05, 0.1) is 5.56 Å². The molecular weight excluding hydrogens is 494 g/mol. The molecule has 0 fully saturated rings. The molecule has 2 aromatic heterocycles. The average molecular weight is 540 g/mol. The minimum Gasteiger partial charge on any atom is -0.422 e. The normalized spacial score (nSPS) is 12.1. The number of pyridine rings is 1. The summed E-state index contributed by atoms with van der Waals surface area (Å²) in [5.74, 6) is 1.01. The van der Waals surface area contributed by atoms with E-state index in [-0.39, 0.29) is 16.9 Å². The van der Waals surface area contributed by atoms with Crippen LogP contribution in [0, 0.1) is 12.3 Å². The zero-order valence-corrected chi connectivity index (χ0v) is 25.3. The molecule has 0 atom stereocenters. The molecule has 0 saturated heterocycles. The van der Waals surface area contributed by atoms with Gasteiger partial charge in [0.25, 0.3) is 0 Å². The van der Waals surface area contributed by atoms with E-state index >= 15 is 0 Å². The smallest absolute Gasteiger partial charge is 0.343 e. The van der Waals surface area contributed by atoms with E-state index in [1.807, 2.05) is 48.5 Å². The molecule has 4 rings (SSSR count). The van der Waals surface area contributed by atoms with Gasteiger partial charge in [-0.05, 0) is 93.0 Å². The van der Waals surface area contributed by atoms with Crippen molar-refractivity contribution >= 4 is 17.4 Å². The number of rotatable bonds is 11. The second-order valence-corrected chi connectivity index (χ2v) is 12.9. The van der Waals surface area contributed by atoms with E-state index in [4.69, 9.17) is 9.72 Å². The van der Waals surface area contributed by atoms with Gasteiger partial charge in [-0.1, -0.05) is 71.2 Å². The third-order valence-electron chi connectivity index (χ3n) is 7.06. The highest BCUT2D eigenvalue weighted by Gasteiger charge is 2.29. The summed E-state index contributed by atoms with van der Waals surface area (Å²) in [6, 6.07) is 19.6. The number of aryl methyl sites for hydroxylation is 2. The van der Waals surface area contributed by atoms with Crippen molar-refractivity contribution in [1.82, 2.24) is 9.38 Å². The maximum Gasteiger partial charge on any atom is 0.343 e. The number of nitrogens with one attached hydrogen (secondary N) is 1. The Kier molecular flexibility index (Phi) is 9.02. The standard InChI is InChI=1S/C35H45N3O2/c1-8-9-10-11-14-26-17-19-27(20-18-26)33(39)40-29-16-13-12-15-28(29)31-32(37-35(6,7)24-34(3,4)5)38-22-21-25(2)23-30(38)36-31/h12-13,15-23,37H,8-11,14,24H2,1-7H3. The fraction of sp³-hybridized carbons (Fsp3) is 0.429. The maximum atomic E-state index is 13.2. The second kappa shape index (κ2) is 12.3. The number of benzene rings is 2. The molecule has 0 unspecified atom stereocenters. The van der Waals surface area contributed by atoms with Gasteiger partial charge in [0.2, 0.25) is 0 Å². The minimum atomic E-state index is -0.368. The number of carbonyl (C=O) groups is 1. The first kappa shape index (κ1) is 29.4. The summed E-state index contributed by atoms with van der Waals surface area (Å²) in [5.41, 5.74) is 5.27. The number of carbonyl (C=O) groups excluding carboxylic acids is 1. The number of hydrogen-bond acceptors (Lipinski definition) is 4. The van der Waals surface area contributed by atoms with E-state index in [0.717, 1.165) is 41.1 Å². The third kappa shape index (κ3) is 7.53. The summed E-state index contributed by atoms with van der Waals surface area (Å²) in [6.45, 7) is 15.5. The Morgan fingerprint density at radius 3 is 2.38 bits per heavy atom. The molecule has 0 bridgehead atoms. The predicted molar refractivity (Wildman–Crippen MR) is 166 cm³/mol. The minimum absolute atomic E-state index is 0.145. The number of esters is 1. The van der Waals surface area contributed by atoms with Gasteiger partial charge in [0.1, 0.15) is 22.9 Å². The Labute approximate surface area is 240 Å². The first-order valence-electron chi connectivity index (χ1n) is 14.6. The molecule has 0 saturated carbocycles. The summed E-state index contributed by atoms with van der Waals surface area (Å²) in [7, 11) is 0. The van der Waals surface area contributed by atoms with Crippen LogP contribution in [0.5, 0.6) is 5.75 Å². The van der Waals surface area contributed by atoms with Gasteiger partial charge in [-0.15, -0.1) is 0 Å². The van der Waals surface area contributed by atoms with Crippen molar-refractivity contribution in [3.8, 4) is 17.0 Å². The fourth-order valence-corrected chi connectivity index (χ4v) is 5.62. The molecule has 0 spiro atoms. The summed E-state index contributed by atoms with van der Waals surface area (Å²) in [4.78, 5) is 18.3. The molecular formula is C35H45N3O2. The molecule has 0 radical (unpaired) electrons. The lowest BCUT2D eigenvalue weighted by Gasteiger charge is -2.34. The zero-order chi connectivity index (χ0) is 28.9. The number of ether oxygens (including phenoxy) is 1. The lowest BCUT2D eigenvalue weighted by atomic mass is 9.82. The summed E-state index contributed by atoms with van der Waals surface area (Å²) in [6.07, 6.45) is 8.95. The molecule has 5 heteroatoms. The first-order chi connectivity index (χ1) is 19.0. The molecule has 212 valence electrons. The van der Waals surface area contributed by atoms with E-state index < -0.39 is 0 Å². The Morgan fingerprint density at radius 2 is 1.68 bits per heavy atom. The number of anilines is 1. The molecule has 1 N–H and O–H groups in total. The van der Waals surface area contributed by atoms with Crippen LogP contribution in [0.15, 0.2) is 66.9 Å². The molecule has 0 aliphatic heterocycles. The van der Waals surface area contributed by atoms with E-state index in [1.165, 1.54) is 31.2 Å². The van der Waals surface area contributed by atoms with Crippen LogP contribution in [-0.4, -0.2) is 20.9 Å². The monoisotopic (exact) mass is 539 g/mol. The van der Waals surface area contributed by atoms with Gasteiger partial charge >= 0.3 is 5.97 Å². The van der Waals surface area contributed by atoms with E-state index in [0.29, 0.717) is 11.3 Å². The number of nitrogens with zero attached hydrogens (tertiary/aromatic N) is 2. The van der Waals surface area contributed by atoms with Crippen LogP contribution in [0.4, 0.5) is 5.82 Å². The van der Waals surface area contributed by atoms with Crippen molar-refractivity contribution in [2.75, 3.05) is 5.32 Å². The molecule has 40 heavy (non-hydrogen) atoms. The van der Waals surface area contributed by atoms with Gasteiger partial charge in [-0.2, -0.15) is 0 Å². The van der Waals surface area contributed by atoms with Crippen LogP contribution in [0.2, 0.25) is 0 Å². The fourth-order valence-electron chi connectivity index (χ4n) is 5.62. The highest BCUT2D eigenvalue weighted by Crippen LogP contribution is 2.38. The Balaban J connectivity index is 1.64. The van der Waals surface area contributed by atoms with Crippen LogP contribution >= 0.6 is 0 Å². The topological polar surface area (TPSA) is 55.6 Å². The van der Waals surface area contributed by atoms with Crippen LogP contribution in [0.25, 0.3) is 16.9 Å². The number of imidazole rings is 1. The molecule has 5 nitrogen and oxygen atoms in total. The molecule has 2 heterocycles. The predicted octanol–water partition coefficient (Wildman–Crippen LogP) is 9.28. The second-order valence-electron chi connectivity index (χ2n) is 12.9. The van der Waals surface area contributed by atoms with E-state index in [2.05, 4.69) is 76.5 Å². The highest BCUT2D eigenvalue weighted by molar-refractivity contribution is 5.92. The molecule has 0 aliphatic rings. The maximum absolute atomic E-state index is 13.2. The van der Waals surface area contributed by atoms with Crippen LogP contribution in [0.1, 0.15) is 95.1 Å². The molecule has 2 aromatic carbocycles. The van der Waals surface area contributed by atoms with E-state index in [1.54, 1.807) is 0 Å². The summed E-state index contributed by atoms with van der Waals surface area (Å²) in [5, 5.41) is 3.79. The quantitative estimate of drug-likeness (QED) is 0.117. The largest absolute Gasteiger partial charge is 0.422 e. The van der Waals surface area contributed by atoms with Gasteiger partial charge in [0, 0.05) is 17.3 Å². The average Bonchev–Trinajstić information content (AvgIpc) is 3.22. The SMILES string of the molecule is CCCCCCc1ccc(C(=O)Oc2ccccc2-c2nc3cc(C)ccn3c2NC(C)(C)CC(C)(C)C)cc1. The Bertz CT molecular complexity index is 1440. The van der Waals surface area contributed by atoms with Crippen molar-refractivity contribution in [2.45, 2.75) is 92.5 Å². The lowest BCUT2D eigenvalue weighted by molar-refractivity contribution is 0.0735. The summed E-state index contributed by atoms with van der Waals surface area (Å²) < 4.78 is 8.10. The zero-order valence-electron chi connectivity index (χ0n) is 25.3. The first-order valence-corrected chi connectivity index (χ1v) is 14.6. The molecule has 0 amide bonds. The van der Waals surface area contributed by atoms with Crippen molar-refractivity contribution in [1.29, 1.82) is 0 Å². The van der Waals surface area contributed by atoms with Crippen molar-refractivity contribution < 1.29 is 9.53 Å². The lowest BCUT2D eigenvalue weighted by Crippen LogP contribution is -2.36. The van der Waals surface area contributed by atoms with Gasteiger partial charge < -0.3 is 10.1 Å².